The lowest BCUT2D eigenvalue weighted by atomic mass is 9.68. The Kier molecular flexibility index (Phi) is 4.97. The van der Waals surface area contributed by atoms with E-state index in [9.17, 15) is 18.0 Å². The van der Waals surface area contributed by atoms with Crippen LogP contribution in [0.3, 0.4) is 0 Å². The van der Waals surface area contributed by atoms with Gasteiger partial charge in [-0.3, -0.25) is 14.4 Å². The van der Waals surface area contributed by atoms with Gasteiger partial charge in [0.1, 0.15) is 5.60 Å². The van der Waals surface area contributed by atoms with Crippen molar-refractivity contribution in [1.82, 2.24) is 4.90 Å². The molecular formula is C23H20F3N3O2. The van der Waals surface area contributed by atoms with Gasteiger partial charge in [0.05, 0.1) is 0 Å². The van der Waals surface area contributed by atoms with E-state index in [0.717, 1.165) is 10.5 Å². The summed E-state index contributed by atoms with van der Waals surface area (Å²) in [7, 11) is 1.38. The standard InChI is InChI=1S/C23H20F3N3O2/c1-29-19(30)22(28-20(29)27,18-12-6-3-7-13-18)21(31-23(24,25)26)14-8-11-17(15-21)16-9-4-2-5-10-16/h2-14H,15H2,1H3,(H2,27,28). The number of alkyl halides is 3. The van der Waals surface area contributed by atoms with Crippen LogP contribution in [0.1, 0.15) is 17.5 Å². The van der Waals surface area contributed by atoms with Crippen LogP contribution >= 0.6 is 0 Å². The average molecular weight is 427 g/mol. The highest BCUT2D eigenvalue weighted by molar-refractivity contribution is 6.08. The number of likely N-dealkylation sites (N-methyl/N-ethyl adjacent to an activating group) is 1. The molecule has 2 aromatic rings. The van der Waals surface area contributed by atoms with Crippen LogP contribution in [0.5, 0.6) is 0 Å². The molecule has 0 saturated heterocycles. The van der Waals surface area contributed by atoms with Crippen molar-refractivity contribution in [3.63, 3.8) is 0 Å². The smallest absolute Gasteiger partial charge is 0.369 e. The molecule has 8 heteroatoms. The number of hydrogen-bond donors (Lipinski definition) is 1. The molecule has 0 spiro atoms. The minimum atomic E-state index is -5.03. The Morgan fingerprint density at radius 3 is 2.23 bits per heavy atom. The first-order chi connectivity index (χ1) is 14.7. The molecule has 2 atom stereocenters. The molecule has 1 aliphatic carbocycles. The zero-order valence-corrected chi connectivity index (χ0v) is 16.6. The van der Waals surface area contributed by atoms with Crippen LogP contribution in [0.15, 0.2) is 83.9 Å². The van der Waals surface area contributed by atoms with E-state index in [1.54, 1.807) is 60.7 Å². The van der Waals surface area contributed by atoms with Crippen molar-refractivity contribution in [2.24, 2.45) is 10.7 Å². The molecule has 0 fully saturated rings. The fourth-order valence-electron chi connectivity index (χ4n) is 4.20. The van der Waals surface area contributed by atoms with E-state index < -0.39 is 23.4 Å². The molecule has 1 heterocycles. The first-order valence-corrected chi connectivity index (χ1v) is 9.58. The molecule has 0 aromatic heterocycles. The maximum Gasteiger partial charge on any atom is 0.523 e. The van der Waals surface area contributed by atoms with Crippen molar-refractivity contribution >= 4 is 17.4 Å². The molecule has 0 radical (unpaired) electrons. The van der Waals surface area contributed by atoms with E-state index in [2.05, 4.69) is 4.99 Å². The maximum absolute atomic E-state index is 13.8. The van der Waals surface area contributed by atoms with Crippen LogP contribution in [-0.4, -0.2) is 35.8 Å². The monoisotopic (exact) mass is 427 g/mol. The van der Waals surface area contributed by atoms with Gasteiger partial charge in [-0.15, -0.1) is 13.2 Å². The van der Waals surface area contributed by atoms with Gasteiger partial charge in [-0.1, -0.05) is 72.8 Å². The number of rotatable bonds is 4. The minimum Gasteiger partial charge on any atom is -0.369 e. The van der Waals surface area contributed by atoms with E-state index in [-0.39, 0.29) is 17.9 Å². The molecule has 1 amide bonds. The molecule has 1 aliphatic heterocycles. The Labute approximate surface area is 177 Å². The first-order valence-electron chi connectivity index (χ1n) is 9.58. The normalized spacial score (nSPS) is 26.1. The summed E-state index contributed by atoms with van der Waals surface area (Å²) >= 11 is 0. The average Bonchev–Trinajstić information content (AvgIpc) is 2.99. The number of hydrogen-bond acceptors (Lipinski definition) is 4. The summed E-state index contributed by atoms with van der Waals surface area (Å²) < 4.78 is 46.2. The Bertz CT molecular complexity index is 1080. The van der Waals surface area contributed by atoms with Crippen LogP contribution in [0.2, 0.25) is 0 Å². The lowest BCUT2D eigenvalue weighted by molar-refractivity contribution is -0.365. The molecule has 5 nitrogen and oxygen atoms in total. The number of carbonyl (C=O) groups excluding carboxylic acids is 1. The van der Waals surface area contributed by atoms with E-state index in [1.165, 1.54) is 19.2 Å². The van der Waals surface area contributed by atoms with Crippen LogP contribution in [0.4, 0.5) is 13.2 Å². The second kappa shape index (κ2) is 7.39. The van der Waals surface area contributed by atoms with Gasteiger partial charge in [-0.25, -0.2) is 4.99 Å². The lowest BCUT2D eigenvalue weighted by Crippen LogP contribution is -2.59. The number of allylic oxidation sites excluding steroid dienone is 2. The van der Waals surface area contributed by atoms with E-state index >= 15 is 0 Å². The number of guanidine groups is 1. The minimum absolute atomic E-state index is 0.178. The van der Waals surface area contributed by atoms with Crippen LogP contribution in [-0.2, 0) is 15.1 Å². The summed E-state index contributed by atoms with van der Waals surface area (Å²) in [5.41, 5.74) is 3.27. The molecule has 0 saturated carbocycles. The van der Waals surface area contributed by atoms with Crippen LogP contribution in [0, 0.1) is 0 Å². The maximum atomic E-state index is 13.8. The van der Waals surface area contributed by atoms with Gasteiger partial charge >= 0.3 is 6.36 Å². The van der Waals surface area contributed by atoms with Crippen LogP contribution in [0.25, 0.3) is 5.57 Å². The second-order valence-electron chi connectivity index (χ2n) is 7.44. The number of carbonyl (C=O) groups is 1. The Morgan fingerprint density at radius 1 is 1.06 bits per heavy atom. The number of amides is 1. The Balaban J connectivity index is 1.96. The molecule has 2 unspecified atom stereocenters. The Hall–Kier alpha value is -3.39. The van der Waals surface area contributed by atoms with Crippen molar-refractivity contribution in [3.8, 4) is 0 Å². The number of aliphatic imine (C=N–C) groups is 1. The fourth-order valence-corrected chi connectivity index (χ4v) is 4.20. The van der Waals surface area contributed by atoms with Crippen molar-refractivity contribution < 1.29 is 22.7 Å². The van der Waals surface area contributed by atoms with Gasteiger partial charge in [0, 0.05) is 13.5 Å². The third kappa shape index (κ3) is 3.42. The predicted octanol–water partition coefficient (Wildman–Crippen LogP) is 3.99. The largest absolute Gasteiger partial charge is 0.523 e. The van der Waals surface area contributed by atoms with Gasteiger partial charge in [0.15, 0.2) is 5.96 Å². The van der Waals surface area contributed by atoms with Gasteiger partial charge in [-0.2, -0.15) is 0 Å². The van der Waals surface area contributed by atoms with Crippen molar-refractivity contribution in [2.75, 3.05) is 7.05 Å². The molecular weight excluding hydrogens is 407 g/mol. The number of nitrogens with zero attached hydrogens (tertiary/aromatic N) is 2. The molecule has 0 bridgehead atoms. The van der Waals surface area contributed by atoms with Gasteiger partial charge < -0.3 is 5.73 Å². The number of ether oxygens (including phenoxy) is 1. The fraction of sp³-hybridized carbons (Fsp3) is 0.217. The number of halogens is 3. The van der Waals surface area contributed by atoms with Crippen molar-refractivity contribution in [3.05, 3.63) is 90.0 Å². The molecule has 160 valence electrons. The van der Waals surface area contributed by atoms with Gasteiger partial charge in [-0.05, 0) is 22.8 Å². The van der Waals surface area contributed by atoms with Crippen molar-refractivity contribution in [2.45, 2.75) is 23.9 Å². The van der Waals surface area contributed by atoms with Crippen LogP contribution < -0.4 is 5.73 Å². The highest BCUT2D eigenvalue weighted by atomic mass is 19.4. The first kappa shape index (κ1) is 20.9. The molecule has 2 aliphatic rings. The van der Waals surface area contributed by atoms with Gasteiger partial charge in [0.2, 0.25) is 5.54 Å². The molecule has 31 heavy (non-hydrogen) atoms. The van der Waals surface area contributed by atoms with Gasteiger partial charge in [0.25, 0.3) is 5.91 Å². The topological polar surface area (TPSA) is 67.9 Å². The third-order valence-corrected chi connectivity index (χ3v) is 5.60. The van der Waals surface area contributed by atoms with Crippen molar-refractivity contribution in [1.29, 1.82) is 0 Å². The summed E-state index contributed by atoms with van der Waals surface area (Å²) in [5, 5.41) is 0. The molecule has 4 rings (SSSR count). The second-order valence-corrected chi connectivity index (χ2v) is 7.44. The lowest BCUT2D eigenvalue weighted by Gasteiger charge is -2.45. The SMILES string of the molecule is CN1C(=O)C(c2ccccc2)(C2(OC(F)(F)F)C=CC=C(c3ccccc3)C2)N=C1N. The Morgan fingerprint density at radius 2 is 1.68 bits per heavy atom. The molecule has 2 N–H and O–H groups in total. The van der Waals surface area contributed by atoms with E-state index in [0.29, 0.717) is 5.57 Å². The highest BCUT2D eigenvalue weighted by Crippen LogP contribution is 2.52. The quantitative estimate of drug-likeness (QED) is 0.803. The summed E-state index contributed by atoms with van der Waals surface area (Å²) in [6.45, 7) is 0. The molecule has 2 aromatic carbocycles. The summed E-state index contributed by atoms with van der Waals surface area (Å²) in [5.74, 6) is -0.873. The number of nitrogens with two attached hydrogens (primary N) is 1. The van der Waals surface area contributed by atoms with E-state index in [1.807, 2.05) is 6.07 Å². The summed E-state index contributed by atoms with van der Waals surface area (Å²) in [6, 6.07) is 17.1. The predicted molar refractivity (Wildman–Crippen MR) is 111 cm³/mol. The summed E-state index contributed by atoms with van der Waals surface area (Å²) in [6.07, 6.45) is -0.829. The summed E-state index contributed by atoms with van der Waals surface area (Å²) in [4.78, 5) is 18.9. The number of benzene rings is 2. The zero-order valence-electron chi connectivity index (χ0n) is 16.6. The third-order valence-electron chi connectivity index (χ3n) is 5.60. The zero-order chi connectivity index (χ0) is 22.3. The highest BCUT2D eigenvalue weighted by Gasteiger charge is 2.65. The van der Waals surface area contributed by atoms with E-state index in [4.69, 9.17) is 10.5 Å².